The number of nitrogens with zero attached hydrogens (tertiary/aromatic N) is 1. The molecule has 2 aromatic rings. The van der Waals surface area contributed by atoms with E-state index in [1.54, 1.807) is 13.0 Å². The molecule has 0 bridgehead atoms. The molecular weight excluding hydrogens is 172 g/mol. The molecule has 0 aromatic carbocycles. The number of aliphatic hydroxyl groups excluding tert-OH is 1. The highest BCUT2D eigenvalue weighted by Gasteiger charge is 2.06. The third kappa shape index (κ3) is 1.33. The number of pyridine rings is 1. The van der Waals surface area contributed by atoms with Crippen molar-refractivity contribution in [2.45, 2.75) is 13.0 Å². The lowest BCUT2D eigenvalue weighted by molar-refractivity contribution is 0.199. The number of rotatable bonds is 1. The monoisotopic (exact) mass is 180 g/mol. The summed E-state index contributed by atoms with van der Waals surface area (Å²) in [6, 6.07) is 1.64. The lowest BCUT2D eigenvalue weighted by Crippen LogP contribution is -1.93. The van der Waals surface area contributed by atoms with E-state index in [1.807, 2.05) is 0 Å². The van der Waals surface area contributed by atoms with Crippen LogP contribution in [0.15, 0.2) is 21.5 Å². The molecule has 2 rings (SSSR count). The van der Waals surface area contributed by atoms with Crippen molar-refractivity contribution in [3.63, 3.8) is 0 Å². The molecule has 2 heterocycles. The van der Waals surface area contributed by atoms with Crippen LogP contribution >= 0.6 is 0 Å². The van der Waals surface area contributed by atoms with Gasteiger partial charge in [0.15, 0.2) is 0 Å². The van der Waals surface area contributed by atoms with E-state index in [-0.39, 0.29) is 5.71 Å². The van der Waals surface area contributed by atoms with Gasteiger partial charge in [0.25, 0.3) is 0 Å². The van der Waals surface area contributed by atoms with E-state index in [9.17, 15) is 9.90 Å². The summed E-state index contributed by atoms with van der Waals surface area (Å²) in [5.41, 5.74) is 1.40. The number of oxazole rings is 1. The molecule has 0 saturated carbocycles. The molecule has 0 aliphatic carbocycles. The van der Waals surface area contributed by atoms with Gasteiger partial charge in [-0.25, -0.2) is 9.78 Å². The van der Waals surface area contributed by atoms with Gasteiger partial charge in [0.2, 0.25) is 5.71 Å². The standard InChI is InChI=1S/C8H8N2O3/c1-4(11)5-2-6-7(9-3-5)13-8(12)10-6/h2-4,11H,1H3,(H,10,12). The van der Waals surface area contributed by atoms with Gasteiger partial charge >= 0.3 is 5.76 Å². The van der Waals surface area contributed by atoms with Crippen LogP contribution in [0.1, 0.15) is 18.6 Å². The van der Waals surface area contributed by atoms with Crippen molar-refractivity contribution in [1.82, 2.24) is 9.97 Å². The van der Waals surface area contributed by atoms with Crippen LogP contribution < -0.4 is 5.76 Å². The Hall–Kier alpha value is -1.62. The first-order chi connectivity index (χ1) is 6.16. The molecule has 0 amide bonds. The van der Waals surface area contributed by atoms with Crippen LogP contribution in [-0.2, 0) is 0 Å². The van der Waals surface area contributed by atoms with Crippen molar-refractivity contribution >= 4 is 11.2 Å². The number of H-pyrrole nitrogens is 1. The van der Waals surface area contributed by atoms with Crippen molar-refractivity contribution in [1.29, 1.82) is 0 Å². The average molecular weight is 180 g/mol. The quantitative estimate of drug-likeness (QED) is 0.672. The summed E-state index contributed by atoms with van der Waals surface area (Å²) in [4.78, 5) is 17.1. The molecule has 0 radical (unpaired) electrons. The maximum Gasteiger partial charge on any atom is 0.418 e. The lowest BCUT2D eigenvalue weighted by atomic mass is 10.2. The van der Waals surface area contributed by atoms with E-state index in [0.717, 1.165) is 0 Å². The zero-order valence-corrected chi connectivity index (χ0v) is 6.94. The summed E-state index contributed by atoms with van der Waals surface area (Å²) in [5.74, 6) is -0.537. The van der Waals surface area contributed by atoms with Gasteiger partial charge in [-0.1, -0.05) is 0 Å². The highest BCUT2D eigenvalue weighted by molar-refractivity contribution is 5.67. The van der Waals surface area contributed by atoms with Crippen LogP contribution in [0.3, 0.4) is 0 Å². The van der Waals surface area contributed by atoms with Crippen molar-refractivity contribution in [2.24, 2.45) is 0 Å². The average Bonchev–Trinajstić information content (AvgIpc) is 2.42. The molecule has 1 unspecified atom stereocenters. The molecule has 68 valence electrons. The topological polar surface area (TPSA) is 79.1 Å². The first-order valence-electron chi connectivity index (χ1n) is 3.83. The van der Waals surface area contributed by atoms with Crippen LogP contribution in [0.25, 0.3) is 11.2 Å². The maximum absolute atomic E-state index is 10.7. The fourth-order valence-electron chi connectivity index (χ4n) is 1.09. The van der Waals surface area contributed by atoms with Crippen LogP contribution in [-0.4, -0.2) is 15.1 Å². The number of nitrogens with one attached hydrogen (secondary N) is 1. The first-order valence-corrected chi connectivity index (χ1v) is 3.83. The first kappa shape index (κ1) is 8.00. The predicted octanol–water partition coefficient (Wildman–Crippen LogP) is 0.569. The van der Waals surface area contributed by atoms with Crippen molar-refractivity contribution in [3.05, 3.63) is 28.4 Å². The van der Waals surface area contributed by atoms with Gasteiger partial charge in [0, 0.05) is 11.8 Å². The molecule has 0 aliphatic rings. The number of aliphatic hydroxyl groups is 1. The number of hydrogen-bond donors (Lipinski definition) is 2. The molecule has 5 heteroatoms. The smallest absolute Gasteiger partial charge is 0.389 e. The third-order valence-corrected chi connectivity index (χ3v) is 1.78. The Morgan fingerprint density at radius 1 is 1.69 bits per heavy atom. The van der Waals surface area contributed by atoms with Crippen molar-refractivity contribution < 1.29 is 9.52 Å². The summed E-state index contributed by atoms with van der Waals surface area (Å²) >= 11 is 0. The SMILES string of the molecule is CC(O)c1cnc2oc(=O)[nH]c2c1. The molecule has 5 nitrogen and oxygen atoms in total. The van der Waals surface area contributed by atoms with E-state index in [4.69, 9.17) is 4.42 Å². The van der Waals surface area contributed by atoms with E-state index >= 15 is 0 Å². The zero-order valence-electron chi connectivity index (χ0n) is 6.94. The second kappa shape index (κ2) is 2.70. The largest absolute Gasteiger partial charge is 0.418 e. The molecule has 13 heavy (non-hydrogen) atoms. The summed E-state index contributed by atoms with van der Waals surface area (Å²) in [7, 11) is 0. The minimum Gasteiger partial charge on any atom is -0.389 e. The summed E-state index contributed by atoms with van der Waals surface area (Å²) < 4.78 is 4.70. The van der Waals surface area contributed by atoms with Gasteiger partial charge in [-0.2, -0.15) is 0 Å². The van der Waals surface area contributed by atoms with Crippen LogP contribution in [0.5, 0.6) is 0 Å². The van der Waals surface area contributed by atoms with Crippen molar-refractivity contribution in [2.75, 3.05) is 0 Å². The molecule has 1 atom stereocenters. The Kier molecular flexibility index (Phi) is 1.66. The van der Waals surface area contributed by atoms with Gasteiger partial charge in [0.1, 0.15) is 5.52 Å². The normalized spacial score (nSPS) is 13.4. The molecule has 0 saturated heterocycles. The predicted molar refractivity (Wildman–Crippen MR) is 45.3 cm³/mol. The summed E-state index contributed by atoms with van der Waals surface area (Å²) in [6.07, 6.45) is 0.874. The highest BCUT2D eigenvalue weighted by atomic mass is 16.4. The van der Waals surface area contributed by atoms with Crippen LogP contribution in [0.2, 0.25) is 0 Å². The molecule has 0 fully saturated rings. The Bertz CT molecular complexity index is 483. The van der Waals surface area contributed by atoms with Crippen LogP contribution in [0.4, 0.5) is 0 Å². The van der Waals surface area contributed by atoms with Crippen LogP contribution in [0, 0.1) is 0 Å². The van der Waals surface area contributed by atoms with Gasteiger partial charge in [-0.3, -0.25) is 4.98 Å². The Balaban J connectivity index is 2.68. The Morgan fingerprint density at radius 2 is 2.46 bits per heavy atom. The van der Waals surface area contributed by atoms with E-state index in [1.165, 1.54) is 6.20 Å². The maximum atomic E-state index is 10.7. The fourth-order valence-corrected chi connectivity index (χ4v) is 1.09. The fraction of sp³-hybridized carbons (Fsp3) is 0.250. The summed E-state index contributed by atoms with van der Waals surface area (Å²) in [6.45, 7) is 1.63. The highest BCUT2D eigenvalue weighted by Crippen LogP contribution is 2.14. The number of hydrogen-bond acceptors (Lipinski definition) is 4. The van der Waals surface area contributed by atoms with Gasteiger partial charge in [-0.15, -0.1) is 0 Å². The third-order valence-electron chi connectivity index (χ3n) is 1.78. The second-order valence-electron chi connectivity index (χ2n) is 2.81. The van der Waals surface area contributed by atoms with E-state index < -0.39 is 11.9 Å². The number of fused-ring (bicyclic) bond motifs is 1. The van der Waals surface area contributed by atoms with E-state index in [0.29, 0.717) is 11.1 Å². The zero-order chi connectivity index (χ0) is 9.42. The molecule has 0 spiro atoms. The number of aromatic amines is 1. The second-order valence-corrected chi connectivity index (χ2v) is 2.81. The summed E-state index contributed by atoms with van der Waals surface area (Å²) in [5, 5.41) is 9.23. The molecule has 2 N–H and O–H groups in total. The lowest BCUT2D eigenvalue weighted by Gasteiger charge is -2.01. The van der Waals surface area contributed by atoms with Gasteiger partial charge < -0.3 is 9.52 Å². The van der Waals surface area contributed by atoms with Gasteiger partial charge in [-0.05, 0) is 13.0 Å². The van der Waals surface area contributed by atoms with Gasteiger partial charge in [0.05, 0.1) is 6.10 Å². The molecule has 2 aromatic heterocycles. The Labute approximate surface area is 73.0 Å². The van der Waals surface area contributed by atoms with E-state index in [2.05, 4.69) is 9.97 Å². The molecular formula is C8H8N2O3. The molecule has 0 aliphatic heterocycles. The minimum atomic E-state index is -0.602. The minimum absolute atomic E-state index is 0.259. The number of aromatic nitrogens is 2. The Morgan fingerprint density at radius 3 is 3.15 bits per heavy atom. The van der Waals surface area contributed by atoms with Crippen molar-refractivity contribution in [3.8, 4) is 0 Å².